The van der Waals surface area contributed by atoms with Crippen molar-refractivity contribution in [3.8, 4) is 0 Å². The lowest BCUT2D eigenvalue weighted by molar-refractivity contribution is 0.189. The van der Waals surface area contributed by atoms with Crippen LogP contribution < -0.4 is 5.56 Å². The number of hydrogen-bond donors (Lipinski definition) is 0. The number of halogens is 1. The monoisotopic (exact) mass is 382 g/mol. The van der Waals surface area contributed by atoms with Crippen LogP contribution in [0.1, 0.15) is 12.1 Å². The maximum absolute atomic E-state index is 12.8. The van der Waals surface area contributed by atoms with E-state index in [1.54, 1.807) is 17.7 Å². The number of benzene rings is 1. The molecule has 9 heteroatoms. The van der Waals surface area contributed by atoms with E-state index in [1.165, 1.54) is 11.8 Å². The van der Waals surface area contributed by atoms with Crippen LogP contribution in [0.2, 0.25) is 4.34 Å². The number of thioether (sulfide) groups is 1. The van der Waals surface area contributed by atoms with Gasteiger partial charge in [-0.25, -0.2) is 4.98 Å². The Hall–Kier alpha value is -1.48. The molecule has 0 aliphatic carbocycles. The first kappa shape index (κ1) is 17.3. The van der Waals surface area contributed by atoms with Crippen molar-refractivity contribution in [2.24, 2.45) is 0 Å². The molecule has 0 saturated heterocycles. The highest BCUT2D eigenvalue weighted by Crippen LogP contribution is 2.26. The van der Waals surface area contributed by atoms with Crippen LogP contribution in [-0.2, 0) is 17.0 Å². The van der Waals surface area contributed by atoms with Crippen molar-refractivity contribution in [2.75, 3.05) is 13.7 Å². The fraction of sp³-hybridized carbons (Fsp3) is 0.333. The van der Waals surface area contributed by atoms with Crippen molar-refractivity contribution in [2.45, 2.75) is 23.9 Å². The van der Waals surface area contributed by atoms with E-state index in [9.17, 15) is 4.79 Å². The van der Waals surface area contributed by atoms with Crippen molar-refractivity contribution in [1.82, 2.24) is 19.1 Å². The van der Waals surface area contributed by atoms with Crippen LogP contribution in [0.5, 0.6) is 0 Å². The molecule has 3 rings (SSSR count). The predicted octanol–water partition coefficient (Wildman–Crippen LogP) is 3.23. The quantitative estimate of drug-likeness (QED) is 0.355. The molecule has 6 nitrogen and oxygen atoms in total. The van der Waals surface area contributed by atoms with Gasteiger partial charge in [-0.05, 0) is 18.6 Å². The second-order valence-electron chi connectivity index (χ2n) is 5.00. The zero-order valence-corrected chi connectivity index (χ0v) is 15.3. The van der Waals surface area contributed by atoms with Gasteiger partial charge in [-0.1, -0.05) is 40.0 Å². The normalized spacial score (nSPS) is 11.2. The van der Waals surface area contributed by atoms with Crippen LogP contribution in [0.4, 0.5) is 0 Å². The van der Waals surface area contributed by atoms with Gasteiger partial charge in [0.05, 0.1) is 10.9 Å². The number of ether oxygens (including phenoxy) is 1. The molecule has 0 spiro atoms. The standard InChI is InChI=1S/C15H15ClN4O2S2/c1-22-8-4-7-20-14(21)10-5-2-3-6-11(10)17-15(20)23-9-12-13(16)24-19-18-12/h2-3,5-6H,4,7-9H2,1H3. The Morgan fingerprint density at radius 3 is 2.96 bits per heavy atom. The number of rotatable bonds is 7. The minimum atomic E-state index is -0.0401. The Kier molecular flexibility index (Phi) is 5.83. The Balaban J connectivity index is 1.95. The van der Waals surface area contributed by atoms with Gasteiger partial charge in [0.25, 0.3) is 5.56 Å². The topological polar surface area (TPSA) is 69.9 Å². The molecule has 0 aliphatic rings. The van der Waals surface area contributed by atoms with Gasteiger partial charge in [0, 0.05) is 37.5 Å². The number of hydrogen-bond acceptors (Lipinski definition) is 7. The number of fused-ring (bicyclic) bond motifs is 1. The predicted molar refractivity (Wildman–Crippen MR) is 97.0 cm³/mol. The van der Waals surface area contributed by atoms with E-state index in [4.69, 9.17) is 16.3 Å². The molecule has 0 bridgehead atoms. The third-order valence-electron chi connectivity index (χ3n) is 3.40. The van der Waals surface area contributed by atoms with Gasteiger partial charge >= 0.3 is 0 Å². The third kappa shape index (κ3) is 3.77. The van der Waals surface area contributed by atoms with E-state index in [0.717, 1.165) is 18.0 Å². The van der Waals surface area contributed by atoms with Gasteiger partial charge in [-0.3, -0.25) is 9.36 Å². The van der Waals surface area contributed by atoms with Gasteiger partial charge in [0.1, 0.15) is 10.0 Å². The lowest BCUT2D eigenvalue weighted by Crippen LogP contribution is -2.24. The van der Waals surface area contributed by atoms with Crippen LogP contribution in [0, 0.1) is 0 Å². The van der Waals surface area contributed by atoms with E-state index >= 15 is 0 Å². The van der Waals surface area contributed by atoms with Gasteiger partial charge < -0.3 is 4.74 Å². The van der Waals surface area contributed by atoms with Crippen LogP contribution in [0.15, 0.2) is 34.2 Å². The maximum Gasteiger partial charge on any atom is 0.262 e. The number of methoxy groups -OCH3 is 1. The molecule has 126 valence electrons. The van der Waals surface area contributed by atoms with E-state index in [2.05, 4.69) is 14.6 Å². The Bertz CT molecular complexity index is 897. The minimum Gasteiger partial charge on any atom is -0.385 e. The summed E-state index contributed by atoms with van der Waals surface area (Å²) in [7, 11) is 1.65. The molecule has 2 heterocycles. The molecule has 0 radical (unpaired) electrons. The first-order valence-electron chi connectivity index (χ1n) is 7.28. The van der Waals surface area contributed by atoms with Crippen molar-refractivity contribution < 1.29 is 4.74 Å². The van der Waals surface area contributed by atoms with Gasteiger partial charge in [0.2, 0.25) is 0 Å². The summed E-state index contributed by atoms with van der Waals surface area (Å²) < 4.78 is 11.2. The molecule has 0 unspecified atom stereocenters. The van der Waals surface area contributed by atoms with Crippen LogP contribution in [0.3, 0.4) is 0 Å². The molecule has 2 aromatic heterocycles. The van der Waals surface area contributed by atoms with Crippen molar-refractivity contribution in [3.05, 3.63) is 44.6 Å². The fourth-order valence-corrected chi connectivity index (χ4v) is 4.00. The zero-order valence-electron chi connectivity index (χ0n) is 12.9. The average molecular weight is 383 g/mol. The smallest absolute Gasteiger partial charge is 0.262 e. The Labute approximate surface area is 152 Å². The number of aromatic nitrogens is 4. The first-order valence-corrected chi connectivity index (χ1v) is 9.42. The Morgan fingerprint density at radius 1 is 1.38 bits per heavy atom. The fourth-order valence-electron chi connectivity index (χ4n) is 2.24. The minimum absolute atomic E-state index is 0.0401. The molecule has 1 aromatic carbocycles. The highest BCUT2D eigenvalue weighted by molar-refractivity contribution is 7.98. The lowest BCUT2D eigenvalue weighted by Gasteiger charge is -2.12. The largest absolute Gasteiger partial charge is 0.385 e. The summed E-state index contributed by atoms with van der Waals surface area (Å²) in [5.41, 5.74) is 1.36. The summed E-state index contributed by atoms with van der Waals surface area (Å²) >= 11 is 8.64. The van der Waals surface area contributed by atoms with Gasteiger partial charge in [0.15, 0.2) is 5.16 Å². The molecule has 24 heavy (non-hydrogen) atoms. The van der Waals surface area contributed by atoms with E-state index < -0.39 is 0 Å². The highest BCUT2D eigenvalue weighted by atomic mass is 35.5. The number of nitrogens with zero attached hydrogens (tertiary/aromatic N) is 4. The molecule has 0 atom stereocenters. The molecule has 3 aromatic rings. The highest BCUT2D eigenvalue weighted by Gasteiger charge is 2.13. The second-order valence-corrected chi connectivity index (χ2v) is 7.30. The molecular weight excluding hydrogens is 368 g/mol. The number of para-hydroxylation sites is 1. The Morgan fingerprint density at radius 2 is 2.21 bits per heavy atom. The van der Waals surface area contributed by atoms with Crippen LogP contribution in [-0.4, -0.2) is 32.9 Å². The van der Waals surface area contributed by atoms with E-state index in [1.807, 2.05) is 18.2 Å². The molecule has 0 N–H and O–H groups in total. The third-order valence-corrected chi connectivity index (χ3v) is 5.38. The average Bonchev–Trinajstić information content (AvgIpc) is 3.00. The van der Waals surface area contributed by atoms with Crippen molar-refractivity contribution >= 4 is 45.8 Å². The van der Waals surface area contributed by atoms with Gasteiger partial charge in [-0.2, -0.15) is 0 Å². The second kappa shape index (κ2) is 8.06. The summed E-state index contributed by atoms with van der Waals surface area (Å²) in [4.78, 5) is 17.4. The maximum atomic E-state index is 12.8. The van der Waals surface area contributed by atoms with Crippen LogP contribution in [0.25, 0.3) is 10.9 Å². The summed E-state index contributed by atoms with van der Waals surface area (Å²) in [5.74, 6) is 0.518. The summed E-state index contributed by atoms with van der Waals surface area (Å²) in [6.45, 7) is 1.14. The summed E-state index contributed by atoms with van der Waals surface area (Å²) in [5, 5.41) is 5.27. The van der Waals surface area contributed by atoms with E-state index in [0.29, 0.717) is 45.0 Å². The summed E-state index contributed by atoms with van der Waals surface area (Å²) in [6.07, 6.45) is 0.739. The molecule has 0 fully saturated rings. The van der Waals surface area contributed by atoms with Crippen molar-refractivity contribution in [1.29, 1.82) is 0 Å². The lowest BCUT2D eigenvalue weighted by atomic mass is 10.2. The molecule has 0 saturated carbocycles. The zero-order chi connectivity index (χ0) is 16.9. The van der Waals surface area contributed by atoms with Crippen LogP contribution >= 0.6 is 34.9 Å². The van der Waals surface area contributed by atoms with Crippen molar-refractivity contribution in [3.63, 3.8) is 0 Å². The van der Waals surface area contributed by atoms with E-state index in [-0.39, 0.29) is 5.56 Å². The molecular formula is C15H15ClN4O2S2. The summed E-state index contributed by atoms with van der Waals surface area (Å²) in [6, 6.07) is 7.36. The van der Waals surface area contributed by atoms with Gasteiger partial charge in [-0.15, -0.1) is 5.10 Å². The molecule has 0 aliphatic heterocycles. The first-order chi connectivity index (χ1) is 11.7. The molecule has 0 amide bonds. The SMILES string of the molecule is COCCCn1c(SCc2nnsc2Cl)nc2ccccc2c1=O.